The molecule has 0 amide bonds. The number of fused-ring (bicyclic) bond motifs is 2. The number of benzene rings is 2. The average molecular weight is 459 g/mol. The van der Waals surface area contributed by atoms with Gasteiger partial charge in [-0.05, 0) is 50.0 Å². The Morgan fingerprint density at radius 3 is 1.86 bits per heavy atom. The van der Waals surface area contributed by atoms with Crippen LogP contribution < -0.4 is 4.74 Å². The zero-order valence-corrected chi connectivity index (χ0v) is 20.5. The van der Waals surface area contributed by atoms with E-state index in [-0.39, 0.29) is 22.2 Å². The third-order valence-corrected chi connectivity index (χ3v) is 6.41. The van der Waals surface area contributed by atoms with Gasteiger partial charge in [0.25, 0.3) is 0 Å². The standard InChI is InChI=1S/C25H31BrO3/c1-23(2,3)14-10-16(22(27)28-9)20-17(11-14)25(7,8)18-12-15(24(4,5)6)13-19(26)21(18)29-20/h10-13H,1-9H3. The minimum Gasteiger partial charge on any atom is -0.465 e. The van der Waals surface area contributed by atoms with E-state index in [1.54, 1.807) is 0 Å². The monoisotopic (exact) mass is 458 g/mol. The first-order valence-corrected chi connectivity index (χ1v) is 10.8. The summed E-state index contributed by atoms with van der Waals surface area (Å²) >= 11 is 3.71. The van der Waals surface area contributed by atoms with Gasteiger partial charge in [-0.1, -0.05) is 67.5 Å². The van der Waals surface area contributed by atoms with Gasteiger partial charge >= 0.3 is 5.97 Å². The predicted molar refractivity (Wildman–Crippen MR) is 122 cm³/mol. The Balaban J connectivity index is 2.35. The molecular formula is C25H31BrO3. The van der Waals surface area contributed by atoms with Crippen LogP contribution in [0.5, 0.6) is 11.5 Å². The van der Waals surface area contributed by atoms with Crippen LogP contribution in [-0.2, 0) is 21.0 Å². The maximum atomic E-state index is 12.6. The lowest BCUT2D eigenvalue weighted by atomic mass is 9.71. The van der Waals surface area contributed by atoms with Crippen LogP contribution in [-0.4, -0.2) is 13.1 Å². The first-order valence-electron chi connectivity index (χ1n) is 9.97. The lowest BCUT2D eigenvalue weighted by molar-refractivity contribution is 0.0597. The molecule has 0 N–H and O–H groups in total. The molecule has 0 spiro atoms. The largest absolute Gasteiger partial charge is 0.465 e. The summed E-state index contributed by atoms with van der Waals surface area (Å²) in [7, 11) is 1.41. The van der Waals surface area contributed by atoms with Gasteiger partial charge in [-0.15, -0.1) is 0 Å². The quantitative estimate of drug-likeness (QED) is 0.421. The van der Waals surface area contributed by atoms with Gasteiger partial charge in [0.15, 0.2) is 0 Å². The van der Waals surface area contributed by atoms with Crippen molar-refractivity contribution in [2.45, 2.75) is 71.6 Å². The van der Waals surface area contributed by atoms with E-state index >= 15 is 0 Å². The van der Waals surface area contributed by atoms with Gasteiger partial charge in [0.1, 0.15) is 17.1 Å². The summed E-state index contributed by atoms with van der Waals surface area (Å²) in [6, 6.07) is 8.44. The molecular weight excluding hydrogens is 428 g/mol. The molecule has 0 unspecified atom stereocenters. The van der Waals surface area contributed by atoms with Crippen molar-refractivity contribution < 1.29 is 14.3 Å². The Morgan fingerprint density at radius 2 is 1.38 bits per heavy atom. The van der Waals surface area contributed by atoms with E-state index in [2.05, 4.69) is 89.5 Å². The maximum absolute atomic E-state index is 12.6. The number of rotatable bonds is 1. The molecule has 29 heavy (non-hydrogen) atoms. The first-order chi connectivity index (χ1) is 13.2. The van der Waals surface area contributed by atoms with Crippen molar-refractivity contribution in [3.05, 3.63) is 56.6 Å². The van der Waals surface area contributed by atoms with Crippen molar-refractivity contribution in [2.75, 3.05) is 7.11 Å². The molecule has 1 heterocycles. The molecule has 2 aromatic rings. The number of ether oxygens (including phenoxy) is 2. The highest BCUT2D eigenvalue weighted by Gasteiger charge is 2.40. The van der Waals surface area contributed by atoms with E-state index in [0.717, 1.165) is 26.9 Å². The van der Waals surface area contributed by atoms with E-state index < -0.39 is 0 Å². The molecule has 0 radical (unpaired) electrons. The molecule has 0 aromatic heterocycles. The summed E-state index contributed by atoms with van der Waals surface area (Å²) < 4.78 is 12.4. The number of hydrogen-bond donors (Lipinski definition) is 0. The average Bonchev–Trinajstić information content (AvgIpc) is 2.59. The van der Waals surface area contributed by atoms with Crippen LogP contribution >= 0.6 is 15.9 Å². The SMILES string of the molecule is COC(=O)c1cc(C(C)(C)C)cc2c1Oc1c(Br)cc(C(C)(C)C)cc1C2(C)C. The molecule has 156 valence electrons. The van der Waals surface area contributed by atoms with Crippen molar-refractivity contribution in [3.8, 4) is 11.5 Å². The fraction of sp³-hybridized carbons (Fsp3) is 0.480. The minimum absolute atomic E-state index is 0.0122. The van der Waals surface area contributed by atoms with Crippen LogP contribution in [0.1, 0.15) is 88.0 Å². The lowest BCUT2D eigenvalue weighted by Crippen LogP contribution is -2.28. The van der Waals surface area contributed by atoms with Crippen LogP contribution in [0, 0.1) is 0 Å². The molecule has 1 aliphatic heterocycles. The fourth-order valence-electron chi connectivity index (χ4n) is 3.74. The van der Waals surface area contributed by atoms with E-state index in [1.165, 1.54) is 12.7 Å². The van der Waals surface area contributed by atoms with Gasteiger partial charge in [0.05, 0.1) is 11.6 Å². The molecule has 0 fully saturated rings. The van der Waals surface area contributed by atoms with E-state index in [4.69, 9.17) is 9.47 Å². The summed E-state index contributed by atoms with van der Waals surface area (Å²) in [5.74, 6) is 0.977. The Labute approximate surface area is 182 Å². The zero-order chi connectivity index (χ0) is 21.9. The van der Waals surface area contributed by atoms with Crippen molar-refractivity contribution in [1.29, 1.82) is 0 Å². The Hall–Kier alpha value is -1.81. The molecule has 0 saturated heterocycles. The van der Waals surface area contributed by atoms with Crippen LogP contribution in [0.2, 0.25) is 0 Å². The molecule has 4 heteroatoms. The molecule has 0 saturated carbocycles. The van der Waals surface area contributed by atoms with Gasteiger partial charge in [0.2, 0.25) is 0 Å². The normalized spacial score (nSPS) is 15.2. The van der Waals surface area contributed by atoms with Gasteiger partial charge in [-0.3, -0.25) is 0 Å². The van der Waals surface area contributed by atoms with Gasteiger partial charge < -0.3 is 9.47 Å². The van der Waals surface area contributed by atoms with Crippen molar-refractivity contribution in [3.63, 3.8) is 0 Å². The van der Waals surface area contributed by atoms with Crippen molar-refractivity contribution in [1.82, 2.24) is 0 Å². The molecule has 2 aromatic carbocycles. The Morgan fingerprint density at radius 1 is 0.897 bits per heavy atom. The highest BCUT2D eigenvalue weighted by atomic mass is 79.9. The highest BCUT2D eigenvalue weighted by molar-refractivity contribution is 9.10. The highest BCUT2D eigenvalue weighted by Crippen LogP contribution is 2.53. The topological polar surface area (TPSA) is 35.5 Å². The number of carbonyl (C=O) groups is 1. The number of methoxy groups -OCH3 is 1. The Bertz CT molecular complexity index is 989. The van der Waals surface area contributed by atoms with E-state index in [9.17, 15) is 4.79 Å². The van der Waals surface area contributed by atoms with Crippen molar-refractivity contribution >= 4 is 21.9 Å². The van der Waals surface area contributed by atoms with Crippen LogP contribution in [0.3, 0.4) is 0 Å². The number of esters is 1. The first kappa shape index (κ1) is 21.9. The molecule has 0 atom stereocenters. The number of carbonyl (C=O) groups excluding carboxylic acids is 1. The second kappa shape index (κ2) is 6.87. The number of hydrogen-bond acceptors (Lipinski definition) is 3. The smallest absolute Gasteiger partial charge is 0.341 e. The molecule has 3 nitrogen and oxygen atoms in total. The minimum atomic E-state index is -0.381. The molecule has 1 aliphatic rings. The van der Waals surface area contributed by atoms with Gasteiger partial charge in [-0.2, -0.15) is 0 Å². The second-order valence-electron chi connectivity index (χ2n) is 10.5. The summed E-state index contributed by atoms with van der Waals surface area (Å²) in [5, 5.41) is 0. The lowest BCUT2D eigenvalue weighted by Gasteiger charge is -2.38. The van der Waals surface area contributed by atoms with E-state index in [0.29, 0.717) is 11.3 Å². The second-order valence-corrected chi connectivity index (χ2v) is 11.3. The summed E-state index contributed by atoms with van der Waals surface area (Å²) in [5.41, 5.74) is 4.49. The van der Waals surface area contributed by atoms with Crippen LogP contribution in [0.25, 0.3) is 0 Å². The third kappa shape index (κ3) is 3.72. The predicted octanol–water partition coefficient (Wildman–Crippen LogP) is 7.26. The summed E-state index contributed by atoms with van der Waals surface area (Å²) in [6.45, 7) is 17.5. The summed E-state index contributed by atoms with van der Waals surface area (Å²) in [4.78, 5) is 12.6. The fourth-order valence-corrected chi connectivity index (χ4v) is 4.28. The zero-order valence-electron chi connectivity index (χ0n) is 18.9. The molecule has 0 aliphatic carbocycles. The third-order valence-electron chi connectivity index (χ3n) is 5.82. The Kier molecular flexibility index (Phi) is 5.18. The molecule has 0 bridgehead atoms. The van der Waals surface area contributed by atoms with Gasteiger partial charge in [0, 0.05) is 16.5 Å². The maximum Gasteiger partial charge on any atom is 0.341 e. The van der Waals surface area contributed by atoms with Crippen LogP contribution in [0.4, 0.5) is 0 Å². The van der Waals surface area contributed by atoms with Crippen LogP contribution in [0.15, 0.2) is 28.7 Å². The molecule has 3 rings (SSSR count). The van der Waals surface area contributed by atoms with E-state index in [1.807, 2.05) is 6.07 Å². The van der Waals surface area contributed by atoms with Crippen molar-refractivity contribution in [2.24, 2.45) is 0 Å². The van der Waals surface area contributed by atoms with Gasteiger partial charge in [-0.25, -0.2) is 4.79 Å². The number of halogens is 1. The summed E-state index contributed by atoms with van der Waals surface area (Å²) in [6.07, 6.45) is 0.